The van der Waals surface area contributed by atoms with Gasteiger partial charge in [-0.1, -0.05) is 11.3 Å². The lowest BCUT2D eigenvalue weighted by Crippen LogP contribution is -1.84. The topological polar surface area (TPSA) is 37.8 Å². The Hall–Kier alpha value is -0.940. The monoisotopic (exact) mass is 197 g/mol. The van der Waals surface area contributed by atoms with Gasteiger partial charge in [0.15, 0.2) is 0 Å². The van der Waals surface area contributed by atoms with Crippen molar-refractivity contribution in [3.63, 3.8) is 0 Å². The first-order valence-corrected chi connectivity index (χ1v) is 5.20. The van der Waals surface area contributed by atoms with Crippen LogP contribution in [0.1, 0.15) is 0 Å². The first kappa shape index (κ1) is 7.70. The van der Waals surface area contributed by atoms with Crippen LogP contribution in [0.4, 0.5) is 5.13 Å². The van der Waals surface area contributed by atoms with E-state index < -0.39 is 0 Å². The highest BCUT2D eigenvalue weighted by Crippen LogP contribution is 2.27. The quantitative estimate of drug-likeness (QED) is 0.802. The number of nitrogens with zero attached hydrogens (tertiary/aromatic N) is 2. The van der Waals surface area contributed by atoms with Crippen LogP contribution in [0.3, 0.4) is 0 Å². The Bertz CT molecular complexity index is 352. The van der Waals surface area contributed by atoms with Crippen molar-refractivity contribution in [1.29, 1.82) is 0 Å². The molecular formula is C7H7N3S2. The highest BCUT2D eigenvalue weighted by atomic mass is 32.1. The minimum Gasteiger partial charge on any atom is -0.363 e. The number of thiophene rings is 1. The molecular weight excluding hydrogens is 190 g/mol. The third-order valence-electron chi connectivity index (χ3n) is 1.41. The molecule has 0 aromatic carbocycles. The van der Waals surface area contributed by atoms with E-state index in [2.05, 4.69) is 20.9 Å². The Balaban J connectivity index is 2.35. The molecule has 1 N–H and O–H groups in total. The van der Waals surface area contributed by atoms with Crippen molar-refractivity contribution < 1.29 is 0 Å². The van der Waals surface area contributed by atoms with E-state index in [1.807, 2.05) is 18.5 Å². The minimum atomic E-state index is 0.858. The molecule has 0 aliphatic rings. The predicted octanol–water partition coefficient (Wildman–Crippen LogP) is 2.31. The summed E-state index contributed by atoms with van der Waals surface area (Å²) < 4.78 is 0. The zero-order valence-corrected chi connectivity index (χ0v) is 8.08. The molecule has 2 heterocycles. The molecule has 2 aromatic rings. The molecule has 0 aliphatic heterocycles. The highest BCUT2D eigenvalue weighted by Gasteiger charge is 2.04. The van der Waals surface area contributed by atoms with Gasteiger partial charge in [-0.2, -0.15) is 11.3 Å². The lowest BCUT2D eigenvalue weighted by atomic mass is 10.4. The smallest absolute Gasteiger partial charge is 0.205 e. The normalized spacial score (nSPS) is 10.1. The van der Waals surface area contributed by atoms with Crippen LogP contribution in [0.2, 0.25) is 0 Å². The van der Waals surface area contributed by atoms with Crippen LogP contribution in [0.15, 0.2) is 16.8 Å². The number of hydrogen-bond donors (Lipinski definition) is 1. The number of rotatable bonds is 2. The molecule has 0 unspecified atom stereocenters. The van der Waals surface area contributed by atoms with E-state index in [4.69, 9.17) is 0 Å². The molecule has 0 amide bonds. The van der Waals surface area contributed by atoms with Crippen molar-refractivity contribution in [2.75, 3.05) is 12.4 Å². The van der Waals surface area contributed by atoms with Gasteiger partial charge in [-0.05, 0) is 11.4 Å². The summed E-state index contributed by atoms with van der Waals surface area (Å²) in [5.41, 5.74) is 1.15. The molecule has 2 rings (SSSR count). The van der Waals surface area contributed by atoms with Gasteiger partial charge in [0.2, 0.25) is 5.13 Å². The van der Waals surface area contributed by atoms with E-state index >= 15 is 0 Å². The SMILES string of the molecule is CNc1nnc(-c2ccsc2)s1. The van der Waals surface area contributed by atoms with Crippen molar-refractivity contribution in [3.05, 3.63) is 16.8 Å². The zero-order valence-electron chi connectivity index (χ0n) is 6.44. The summed E-state index contributed by atoms with van der Waals surface area (Å²) in [4.78, 5) is 0. The van der Waals surface area contributed by atoms with E-state index in [1.54, 1.807) is 22.7 Å². The summed E-state index contributed by atoms with van der Waals surface area (Å²) >= 11 is 3.23. The highest BCUT2D eigenvalue weighted by molar-refractivity contribution is 7.18. The molecule has 0 aliphatic carbocycles. The van der Waals surface area contributed by atoms with Gasteiger partial charge < -0.3 is 5.32 Å². The third-order valence-corrected chi connectivity index (χ3v) is 3.08. The van der Waals surface area contributed by atoms with E-state index in [1.165, 1.54) is 0 Å². The third kappa shape index (κ3) is 1.33. The van der Waals surface area contributed by atoms with Crippen LogP contribution in [0.5, 0.6) is 0 Å². The van der Waals surface area contributed by atoms with Gasteiger partial charge in [0.1, 0.15) is 5.01 Å². The average Bonchev–Trinajstić information content (AvgIpc) is 2.75. The first-order chi connectivity index (χ1) is 5.90. The fourth-order valence-electron chi connectivity index (χ4n) is 0.827. The summed E-state index contributed by atoms with van der Waals surface area (Å²) in [5, 5.41) is 16.9. The fraction of sp³-hybridized carbons (Fsp3) is 0.143. The molecule has 2 aromatic heterocycles. The van der Waals surface area contributed by atoms with E-state index in [-0.39, 0.29) is 0 Å². The summed E-state index contributed by atoms with van der Waals surface area (Å²) in [5.74, 6) is 0. The van der Waals surface area contributed by atoms with Crippen LogP contribution in [-0.2, 0) is 0 Å². The Labute approximate surface area is 78.1 Å². The molecule has 0 saturated carbocycles. The Kier molecular flexibility index (Phi) is 2.05. The standard InChI is InChI=1S/C7H7N3S2/c1-8-7-10-9-6(12-7)5-2-3-11-4-5/h2-4H,1H3,(H,8,10). The molecule has 62 valence electrons. The Morgan fingerprint density at radius 2 is 2.33 bits per heavy atom. The van der Waals surface area contributed by atoms with Crippen LogP contribution < -0.4 is 5.32 Å². The van der Waals surface area contributed by atoms with Crippen LogP contribution in [0.25, 0.3) is 10.6 Å². The maximum atomic E-state index is 4.04. The van der Waals surface area contributed by atoms with Crippen LogP contribution >= 0.6 is 22.7 Å². The maximum absolute atomic E-state index is 4.04. The first-order valence-electron chi connectivity index (χ1n) is 3.44. The molecule has 0 saturated heterocycles. The van der Waals surface area contributed by atoms with Crippen molar-refractivity contribution in [2.24, 2.45) is 0 Å². The maximum Gasteiger partial charge on any atom is 0.205 e. The summed E-state index contributed by atoms with van der Waals surface area (Å²) in [6.45, 7) is 0. The number of aromatic nitrogens is 2. The van der Waals surface area contributed by atoms with Gasteiger partial charge in [-0.3, -0.25) is 0 Å². The minimum absolute atomic E-state index is 0.858. The lowest BCUT2D eigenvalue weighted by molar-refractivity contribution is 1.09. The molecule has 12 heavy (non-hydrogen) atoms. The summed E-state index contributed by atoms with van der Waals surface area (Å²) in [7, 11) is 1.85. The fourth-order valence-corrected chi connectivity index (χ4v) is 2.24. The second-order valence-corrected chi connectivity index (χ2v) is 3.93. The molecule has 3 nitrogen and oxygen atoms in total. The number of hydrogen-bond acceptors (Lipinski definition) is 5. The molecule has 0 fully saturated rings. The molecule has 0 spiro atoms. The summed E-state index contributed by atoms with van der Waals surface area (Å²) in [6, 6.07) is 2.05. The van der Waals surface area contributed by atoms with Gasteiger partial charge in [0.05, 0.1) is 0 Å². The van der Waals surface area contributed by atoms with Crippen molar-refractivity contribution in [3.8, 4) is 10.6 Å². The van der Waals surface area contributed by atoms with E-state index in [9.17, 15) is 0 Å². The molecule has 0 radical (unpaired) electrons. The second kappa shape index (κ2) is 3.20. The van der Waals surface area contributed by atoms with E-state index in [0.717, 1.165) is 15.7 Å². The van der Waals surface area contributed by atoms with Gasteiger partial charge in [-0.25, -0.2) is 0 Å². The van der Waals surface area contributed by atoms with Gasteiger partial charge in [0.25, 0.3) is 0 Å². The second-order valence-electron chi connectivity index (χ2n) is 2.17. The molecule has 0 atom stereocenters. The molecule has 5 heteroatoms. The van der Waals surface area contributed by atoms with Crippen molar-refractivity contribution in [2.45, 2.75) is 0 Å². The van der Waals surface area contributed by atoms with E-state index in [0.29, 0.717) is 0 Å². The van der Waals surface area contributed by atoms with Crippen molar-refractivity contribution in [1.82, 2.24) is 10.2 Å². The van der Waals surface area contributed by atoms with Crippen LogP contribution in [-0.4, -0.2) is 17.2 Å². The lowest BCUT2D eigenvalue weighted by Gasteiger charge is -1.85. The Morgan fingerprint density at radius 3 is 2.92 bits per heavy atom. The number of anilines is 1. The predicted molar refractivity (Wildman–Crippen MR) is 52.8 cm³/mol. The Morgan fingerprint density at radius 1 is 1.42 bits per heavy atom. The van der Waals surface area contributed by atoms with Gasteiger partial charge >= 0.3 is 0 Å². The number of nitrogens with one attached hydrogen (secondary N) is 1. The largest absolute Gasteiger partial charge is 0.363 e. The summed E-state index contributed by atoms with van der Waals surface area (Å²) in [6.07, 6.45) is 0. The average molecular weight is 197 g/mol. The van der Waals surface area contributed by atoms with Gasteiger partial charge in [0, 0.05) is 18.0 Å². The zero-order chi connectivity index (χ0) is 8.39. The van der Waals surface area contributed by atoms with Crippen molar-refractivity contribution >= 4 is 27.8 Å². The van der Waals surface area contributed by atoms with Crippen LogP contribution in [0, 0.1) is 0 Å². The molecule has 0 bridgehead atoms. The van der Waals surface area contributed by atoms with Gasteiger partial charge in [-0.15, -0.1) is 10.2 Å².